The molecule has 39 heavy (non-hydrogen) atoms. The summed E-state index contributed by atoms with van der Waals surface area (Å²) in [7, 11) is 0. The van der Waals surface area contributed by atoms with Crippen molar-refractivity contribution in [2.75, 3.05) is 31.1 Å². The van der Waals surface area contributed by atoms with Crippen LogP contribution < -0.4 is 15.3 Å². The highest BCUT2D eigenvalue weighted by Gasteiger charge is 2.38. The minimum atomic E-state index is -0.674. The van der Waals surface area contributed by atoms with Crippen molar-refractivity contribution in [2.45, 2.75) is 58.7 Å². The van der Waals surface area contributed by atoms with Crippen molar-refractivity contribution in [3.63, 3.8) is 0 Å². The second-order valence-corrected chi connectivity index (χ2v) is 12.2. The van der Waals surface area contributed by atoms with Crippen molar-refractivity contribution in [3.05, 3.63) is 32.4 Å². The first-order valence-corrected chi connectivity index (χ1v) is 13.1. The highest BCUT2D eigenvalue weighted by atomic mass is 35.5. The zero-order chi connectivity index (χ0) is 28.4. The highest BCUT2D eigenvalue weighted by molar-refractivity contribution is 6.43. The molecular formula is C25H28Cl2N8O4. The Labute approximate surface area is 234 Å². The molecule has 0 aromatic carbocycles. The maximum atomic E-state index is 13.7. The van der Waals surface area contributed by atoms with Gasteiger partial charge in [-0.1, -0.05) is 23.2 Å². The number of anilines is 1. The summed E-state index contributed by atoms with van der Waals surface area (Å²) in [6, 6.07) is 1.75. The Morgan fingerprint density at radius 1 is 1.18 bits per heavy atom. The monoisotopic (exact) mass is 574 g/mol. The van der Waals surface area contributed by atoms with Crippen LogP contribution in [-0.4, -0.2) is 73.2 Å². The second-order valence-electron chi connectivity index (χ2n) is 11.5. The van der Waals surface area contributed by atoms with Crippen LogP contribution in [0.2, 0.25) is 10.2 Å². The molecule has 0 aliphatic carbocycles. The Bertz CT molecular complexity index is 1600. The number of rotatable bonds is 1. The number of nitrogens with zero attached hydrogens (tertiary/aromatic N) is 8. The van der Waals surface area contributed by atoms with E-state index in [0.29, 0.717) is 24.3 Å². The van der Waals surface area contributed by atoms with Gasteiger partial charge in [-0.05, 0) is 41.5 Å². The maximum absolute atomic E-state index is 13.7. The average Bonchev–Trinajstić information content (AvgIpc) is 3.20. The van der Waals surface area contributed by atoms with Gasteiger partial charge in [0.05, 0.1) is 17.8 Å². The number of carbonyl (C=O) groups is 1. The van der Waals surface area contributed by atoms with Crippen LogP contribution in [0.3, 0.4) is 0 Å². The van der Waals surface area contributed by atoms with Crippen LogP contribution in [0.4, 0.5) is 10.6 Å². The molecule has 2 aliphatic rings. The number of nitriles is 1. The molecule has 0 bridgehead atoms. The lowest BCUT2D eigenvalue weighted by Crippen LogP contribution is -2.57. The van der Waals surface area contributed by atoms with E-state index in [0.717, 1.165) is 0 Å². The molecule has 5 rings (SSSR count). The molecule has 1 saturated heterocycles. The van der Waals surface area contributed by atoms with Crippen molar-refractivity contribution in [3.8, 4) is 17.6 Å². The number of halogens is 2. The molecule has 1 amide bonds. The van der Waals surface area contributed by atoms with Gasteiger partial charge in [0.15, 0.2) is 22.4 Å². The van der Waals surface area contributed by atoms with Gasteiger partial charge in [0.2, 0.25) is 0 Å². The quantitative estimate of drug-likeness (QED) is 0.398. The number of fused-ring (bicyclic) bond motifs is 2. The van der Waals surface area contributed by atoms with Crippen molar-refractivity contribution in [1.82, 2.24) is 29.2 Å². The molecule has 0 N–H and O–H groups in total. The zero-order valence-corrected chi connectivity index (χ0v) is 24.0. The van der Waals surface area contributed by atoms with Crippen LogP contribution >= 0.6 is 23.2 Å². The lowest BCUT2D eigenvalue weighted by molar-refractivity contribution is 0.0202. The van der Waals surface area contributed by atoms with E-state index in [2.05, 4.69) is 21.1 Å². The van der Waals surface area contributed by atoms with Gasteiger partial charge in [-0.15, -0.1) is 0 Å². The van der Waals surface area contributed by atoms with Gasteiger partial charge in [0.25, 0.3) is 0 Å². The molecule has 12 nitrogen and oxygen atoms in total. The summed E-state index contributed by atoms with van der Waals surface area (Å²) < 4.78 is 14.5. The third kappa shape index (κ3) is 4.63. The Morgan fingerprint density at radius 3 is 2.54 bits per heavy atom. The largest absolute Gasteiger partial charge is 0.489 e. The smallest absolute Gasteiger partial charge is 0.410 e. The molecule has 14 heteroatoms. The fraction of sp³-hybridized carbons (Fsp3) is 0.520. The molecule has 0 radical (unpaired) electrons. The zero-order valence-electron chi connectivity index (χ0n) is 22.4. The summed E-state index contributed by atoms with van der Waals surface area (Å²) in [5.74, 6) is 0.752. The predicted molar refractivity (Wildman–Crippen MR) is 145 cm³/mol. The second kappa shape index (κ2) is 9.27. The van der Waals surface area contributed by atoms with Crippen molar-refractivity contribution in [2.24, 2.45) is 0 Å². The van der Waals surface area contributed by atoms with E-state index in [9.17, 15) is 14.9 Å². The van der Waals surface area contributed by atoms with E-state index < -0.39 is 22.9 Å². The molecule has 3 aromatic rings. The Kier molecular flexibility index (Phi) is 6.43. The number of piperazine rings is 1. The average molecular weight is 575 g/mol. The van der Waals surface area contributed by atoms with E-state index in [-0.39, 0.29) is 52.1 Å². The van der Waals surface area contributed by atoms with Crippen molar-refractivity contribution < 1.29 is 14.3 Å². The number of amides is 1. The predicted octanol–water partition coefficient (Wildman–Crippen LogP) is 3.73. The third-order valence-electron chi connectivity index (χ3n) is 6.40. The molecule has 3 aromatic heterocycles. The number of pyridine rings is 1. The fourth-order valence-corrected chi connectivity index (χ4v) is 5.12. The topological polar surface area (TPSA) is 131 Å². The number of hydrogen-bond donors (Lipinski definition) is 0. The number of aromatic nitrogens is 5. The van der Waals surface area contributed by atoms with Crippen molar-refractivity contribution >= 4 is 46.1 Å². The van der Waals surface area contributed by atoms with Gasteiger partial charge in [-0.25, -0.2) is 23.8 Å². The molecule has 0 saturated carbocycles. The Balaban J connectivity index is 1.70. The van der Waals surface area contributed by atoms with Gasteiger partial charge in [0.1, 0.15) is 40.1 Å². The molecule has 0 unspecified atom stereocenters. The summed E-state index contributed by atoms with van der Waals surface area (Å²) in [4.78, 5) is 39.0. The standard InChI is InChI=1S/C25H28Cl2N8O4/c1-24(2,3)35-21(13(9-28)10-29-35)34-20-15-17(16(26)18(27)30-20)38-12-14-11-32(23(37)39-25(4,5)6)7-8-33(14)19(15)31-22(34)36/h10,14H,7-8,11-12H2,1-6H3/t14-/m1/s1. The van der Waals surface area contributed by atoms with Crippen LogP contribution in [-0.2, 0) is 10.3 Å². The van der Waals surface area contributed by atoms with Crippen molar-refractivity contribution in [1.29, 1.82) is 5.26 Å². The summed E-state index contributed by atoms with van der Waals surface area (Å²) in [5, 5.41) is 14.6. The first-order chi connectivity index (χ1) is 18.2. The van der Waals surface area contributed by atoms with E-state index in [1.807, 2.05) is 46.4 Å². The molecule has 1 fully saturated rings. The lowest BCUT2D eigenvalue weighted by atomic mass is 10.1. The molecular weight excluding hydrogens is 547 g/mol. The number of carbonyl (C=O) groups excluding carboxylic acids is 1. The van der Waals surface area contributed by atoms with Crippen LogP contribution in [0.15, 0.2) is 11.0 Å². The van der Waals surface area contributed by atoms with Gasteiger partial charge >= 0.3 is 11.8 Å². The number of hydrogen-bond acceptors (Lipinski definition) is 9. The molecule has 1 atom stereocenters. The Morgan fingerprint density at radius 2 is 1.90 bits per heavy atom. The van der Waals surface area contributed by atoms with Crippen LogP contribution in [0.1, 0.15) is 47.1 Å². The van der Waals surface area contributed by atoms with Crippen LogP contribution in [0.25, 0.3) is 16.9 Å². The molecule has 2 aliphatic heterocycles. The van der Waals surface area contributed by atoms with Gasteiger partial charge in [0, 0.05) is 19.6 Å². The lowest BCUT2D eigenvalue weighted by Gasteiger charge is -2.41. The summed E-state index contributed by atoms with van der Waals surface area (Å²) in [5.41, 5.74) is -1.60. The third-order valence-corrected chi connectivity index (χ3v) is 7.12. The van der Waals surface area contributed by atoms with E-state index in [4.69, 9.17) is 32.7 Å². The van der Waals surface area contributed by atoms with Gasteiger partial charge in [-0.3, -0.25) is 0 Å². The van der Waals surface area contributed by atoms with E-state index >= 15 is 0 Å². The van der Waals surface area contributed by atoms with Crippen LogP contribution in [0.5, 0.6) is 5.75 Å². The summed E-state index contributed by atoms with van der Waals surface area (Å²) >= 11 is 13.0. The molecule has 0 spiro atoms. The van der Waals surface area contributed by atoms with E-state index in [1.54, 1.807) is 9.58 Å². The SMILES string of the molecule is CC(C)(C)OC(=O)N1CCN2c3nc(=O)n(-c4c(C#N)cnn4C(C)(C)C)c4nc(Cl)c(Cl)c(c34)OC[C@H]2C1. The number of ether oxygens (including phenoxy) is 2. The molecule has 5 heterocycles. The first kappa shape index (κ1) is 27.0. The summed E-state index contributed by atoms with van der Waals surface area (Å²) in [6.07, 6.45) is 0.964. The van der Waals surface area contributed by atoms with E-state index in [1.165, 1.54) is 10.8 Å². The minimum absolute atomic E-state index is 0.0694. The van der Waals surface area contributed by atoms with Gasteiger partial charge < -0.3 is 19.3 Å². The minimum Gasteiger partial charge on any atom is -0.489 e. The van der Waals surface area contributed by atoms with Gasteiger partial charge in [-0.2, -0.15) is 15.3 Å². The normalized spacial score (nSPS) is 17.4. The summed E-state index contributed by atoms with van der Waals surface area (Å²) in [6.45, 7) is 12.3. The fourth-order valence-electron chi connectivity index (χ4n) is 4.76. The molecule has 206 valence electrons. The highest BCUT2D eigenvalue weighted by Crippen LogP contribution is 2.43. The van der Waals surface area contributed by atoms with Crippen LogP contribution in [0, 0.1) is 11.3 Å². The first-order valence-electron chi connectivity index (χ1n) is 12.4. The maximum Gasteiger partial charge on any atom is 0.410 e. The Hall–Kier alpha value is -3.56.